The van der Waals surface area contributed by atoms with Gasteiger partial charge in [0.25, 0.3) is 5.91 Å². The summed E-state index contributed by atoms with van der Waals surface area (Å²) in [4.78, 5) is 24.3. The Labute approximate surface area is 167 Å². The fourth-order valence-electron chi connectivity index (χ4n) is 2.73. The number of thioether (sulfide) groups is 1. The zero-order valence-corrected chi connectivity index (χ0v) is 16.0. The number of para-hydroxylation sites is 2. The number of hydrogen-bond acceptors (Lipinski definition) is 5. The van der Waals surface area contributed by atoms with Gasteiger partial charge in [0.15, 0.2) is 5.17 Å². The van der Waals surface area contributed by atoms with E-state index in [4.69, 9.17) is 9.73 Å². The molecule has 6 heteroatoms. The number of aliphatic imine (C=N–C) groups is 1. The van der Waals surface area contributed by atoms with Crippen molar-refractivity contribution in [1.82, 2.24) is 4.98 Å². The van der Waals surface area contributed by atoms with Crippen LogP contribution in [0.25, 0.3) is 6.08 Å². The third-order valence-electron chi connectivity index (χ3n) is 4.07. The molecule has 0 spiro atoms. The third-order valence-corrected chi connectivity index (χ3v) is 5.04. The molecule has 0 bridgehead atoms. The number of benzene rings is 2. The van der Waals surface area contributed by atoms with Crippen molar-refractivity contribution in [3.05, 3.63) is 89.6 Å². The number of hydrogen-bond donors (Lipinski definition) is 0. The lowest BCUT2D eigenvalue weighted by molar-refractivity contribution is -0.113. The Balaban J connectivity index is 1.76. The highest BCUT2D eigenvalue weighted by atomic mass is 32.2. The van der Waals surface area contributed by atoms with Crippen molar-refractivity contribution in [1.29, 1.82) is 0 Å². The summed E-state index contributed by atoms with van der Waals surface area (Å²) >= 11 is 1.33. The number of nitrogens with zero attached hydrogens (tertiary/aromatic N) is 3. The van der Waals surface area contributed by atoms with E-state index in [9.17, 15) is 4.79 Å². The van der Waals surface area contributed by atoms with E-state index in [0.717, 1.165) is 11.4 Å². The maximum Gasteiger partial charge on any atom is 0.271 e. The number of amidine groups is 1. The molecule has 1 aromatic heterocycles. The van der Waals surface area contributed by atoms with Gasteiger partial charge in [0.05, 0.1) is 29.1 Å². The van der Waals surface area contributed by atoms with Crippen LogP contribution in [0.15, 0.2) is 88.9 Å². The average Bonchev–Trinajstić information content (AvgIpc) is 3.04. The van der Waals surface area contributed by atoms with Gasteiger partial charge in [-0.15, -0.1) is 0 Å². The standard InChI is InChI=1S/C22H17N3O2S/c1-27-19-12-13-23-17(14-19)15-20-21(26)25(18-10-6-3-7-11-18)22(28-20)24-16-8-4-2-5-9-16/h2-15H,1H3. The smallest absolute Gasteiger partial charge is 0.271 e. The number of amides is 1. The predicted octanol–water partition coefficient (Wildman–Crippen LogP) is 4.90. The molecule has 0 unspecified atom stereocenters. The van der Waals surface area contributed by atoms with Crippen molar-refractivity contribution in [2.24, 2.45) is 4.99 Å². The third kappa shape index (κ3) is 3.82. The molecular weight excluding hydrogens is 370 g/mol. The van der Waals surface area contributed by atoms with E-state index < -0.39 is 0 Å². The van der Waals surface area contributed by atoms with E-state index >= 15 is 0 Å². The summed E-state index contributed by atoms with van der Waals surface area (Å²) in [6.45, 7) is 0. The molecule has 0 N–H and O–H groups in total. The quantitative estimate of drug-likeness (QED) is 0.598. The highest BCUT2D eigenvalue weighted by Crippen LogP contribution is 2.37. The largest absolute Gasteiger partial charge is 0.497 e. The number of carbonyl (C=O) groups excluding carboxylic acids is 1. The van der Waals surface area contributed by atoms with Crippen LogP contribution in [-0.2, 0) is 4.79 Å². The van der Waals surface area contributed by atoms with Gasteiger partial charge in [-0.2, -0.15) is 0 Å². The number of anilines is 1. The van der Waals surface area contributed by atoms with Crippen molar-refractivity contribution >= 4 is 40.3 Å². The molecule has 1 amide bonds. The summed E-state index contributed by atoms with van der Waals surface area (Å²) in [5, 5.41) is 0.608. The van der Waals surface area contributed by atoms with Crippen molar-refractivity contribution in [3.63, 3.8) is 0 Å². The normalized spacial score (nSPS) is 16.8. The number of methoxy groups -OCH3 is 1. The summed E-state index contributed by atoms with van der Waals surface area (Å²) in [5.74, 6) is 0.561. The maximum atomic E-state index is 13.2. The Morgan fingerprint density at radius 3 is 2.46 bits per heavy atom. The highest BCUT2D eigenvalue weighted by molar-refractivity contribution is 8.19. The second kappa shape index (κ2) is 8.10. The van der Waals surface area contributed by atoms with Gasteiger partial charge >= 0.3 is 0 Å². The fourth-order valence-corrected chi connectivity index (χ4v) is 3.72. The molecule has 5 nitrogen and oxygen atoms in total. The molecule has 1 aliphatic rings. The molecule has 0 radical (unpaired) electrons. The Morgan fingerprint density at radius 1 is 1.04 bits per heavy atom. The zero-order chi connectivity index (χ0) is 19.3. The highest BCUT2D eigenvalue weighted by Gasteiger charge is 2.34. The van der Waals surface area contributed by atoms with Crippen LogP contribution in [0.1, 0.15) is 5.69 Å². The summed E-state index contributed by atoms with van der Waals surface area (Å²) in [6.07, 6.45) is 3.42. The molecule has 0 atom stereocenters. The lowest BCUT2D eigenvalue weighted by atomic mass is 10.2. The van der Waals surface area contributed by atoms with Crippen LogP contribution in [0, 0.1) is 0 Å². The van der Waals surface area contributed by atoms with Gasteiger partial charge in [-0.3, -0.25) is 14.7 Å². The molecule has 1 fully saturated rings. The summed E-state index contributed by atoms with van der Waals surface area (Å²) in [5.41, 5.74) is 2.22. The minimum Gasteiger partial charge on any atom is -0.497 e. The molecule has 138 valence electrons. The van der Waals surface area contributed by atoms with Crippen molar-refractivity contribution in [3.8, 4) is 5.75 Å². The van der Waals surface area contributed by atoms with Gasteiger partial charge in [-0.05, 0) is 48.2 Å². The van der Waals surface area contributed by atoms with E-state index in [1.165, 1.54) is 11.8 Å². The Bertz CT molecular complexity index is 1050. The van der Waals surface area contributed by atoms with Crippen molar-refractivity contribution in [2.45, 2.75) is 0 Å². The van der Waals surface area contributed by atoms with Crippen LogP contribution < -0.4 is 9.64 Å². The first-order valence-electron chi connectivity index (χ1n) is 8.67. The number of aromatic nitrogens is 1. The number of ether oxygens (including phenoxy) is 1. The van der Waals surface area contributed by atoms with E-state index in [1.807, 2.05) is 60.7 Å². The number of rotatable bonds is 4. The van der Waals surface area contributed by atoms with E-state index in [2.05, 4.69) is 4.98 Å². The van der Waals surface area contributed by atoms with Crippen LogP contribution >= 0.6 is 11.8 Å². The lowest BCUT2D eigenvalue weighted by Crippen LogP contribution is -2.28. The predicted molar refractivity (Wildman–Crippen MR) is 114 cm³/mol. The molecule has 4 rings (SSSR count). The van der Waals surface area contributed by atoms with Crippen molar-refractivity contribution in [2.75, 3.05) is 12.0 Å². The van der Waals surface area contributed by atoms with Gasteiger partial charge in [-0.25, -0.2) is 4.99 Å². The first-order valence-corrected chi connectivity index (χ1v) is 9.49. The molecule has 2 aromatic carbocycles. The van der Waals surface area contributed by atoms with E-state index in [0.29, 0.717) is 21.5 Å². The number of carbonyl (C=O) groups is 1. The lowest BCUT2D eigenvalue weighted by Gasteiger charge is -2.15. The molecular formula is C22H17N3O2S. The molecule has 0 aliphatic carbocycles. The zero-order valence-electron chi connectivity index (χ0n) is 15.1. The topological polar surface area (TPSA) is 54.8 Å². The van der Waals surface area contributed by atoms with Gasteiger partial charge in [0, 0.05) is 12.3 Å². The van der Waals surface area contributed by atoms with Gasteiger partial charge < -0.3 is 4.74 Å². The van der Waals surface area contributed by atoms with Crippen LogP contribution in [0.3, 0.4) is 0 Å². The molecule has 1 aliphatic heterocycles. The first kappa shape index (κ1) is 18.0. The van der Waals surface area contributed by atoms with Crippen LogP contribution in [0.5, 0.6) is 5.75 Å². The van der Waals surface area contributed by atoms with E-state index in [1.54, 1.807) is 36.4 Å². The summed E-state index contributed by atoms with van der Waals surface area (Å²) in [6, 6.07) is 22.7. The van der Waals surface area contributed by atoms with Gasteiger partial charge in [0.2, 0.25) is 0 Å². The Kier molecular flexibility index (Phi) is 5.21. The Morgan fingerprint density at radius 2 is 1.75 bits per heavy atom. The SMILES string of the molecule is COc1ccnc(C=C2SC(=Nc3ccccc3)N(c3ccccc3)C2=O)c1. The fraction of sp³-hybridized carbons (Fsp3) is 0.0455. The summed E-state index contributed by atoms with van der Waals surface area (Å²) in [7, 11) is 1.60. The van der Waals surface area contributed by atoms with Gasteiger partial charge in [0.1, 0.15) is 5.75 Å². The minimum absolute atomic E-state index is 0.129. The van der Waals surface area contributed by atoms with Crippen molar-refractivity contribution < 1.29 is 9.53 Å². The average molecular weight is 387 g/mol. The number of pyridine rings is 1. The maximum absolute atomic E-state index is 13.2. The molecule has 1 saturated heterocycles. The van der Waals surface area contributed by atoms with Crippen LogP contribution in [0.2, 0.25) is 0 Å². The van der Waals surface area contributed by atoms with E-state index in [-0.39, 0.29) is 5.91 Å². The molecule has 3 aromatic rings. The Hall–Kier alpha value is -3.38. The second-order valence-corrected chi connectivity index (χ2v) is 6.95. The molecule has 2 heterocycles. The summed E-state index contributed by atoms with van der Waals surface area (Å²) < 4.78 is 5.24. The van der Waals surface area contributed by atoms with Crippen LogP contribution in [-0.4, -0.2) is 23.2 Å². The molecule has 0 saturated carbocycles. The monoisotopic (exact) mass is 387 g/mol. The van der Waals surface area contributed by atoms with Gasteiger partial charge in [-0.1, -0.05) is 36.4 Å². The second-order valence-electron chi connectivity index (χ2n) is 5.94. The minimum atomic E-state index is -0.129. The van der Waals surface area contributed by atoms with Crippen LogP contribution in [0.4, 0.5) is 11.4 Å². The first-order chi connectivity index (χ1) is 13.7. The molecule has 28 heavy (non-hydrogen) atoms.